The first-order valence-corrected chi connectivity index (χ1v) is 12.9. The quantitative estimate of drug-likeness (QED) is 0.360. The number of fused-ring (bicyclic) bond motifs is 1. The first kappa shape index (κ1) is 26.1. The zero-order valence-corrected chi connectivity index (χ0v) is 21.6. The fourth-order valence-corrected chi connectivity index (χ4v) is 4.95. The summed E-state index contributed by atoms with van der Waals surface area (Å²) >= 11 is 0. The zero-order chi connectivity index (χ0) is 26.4. The topological polar surface area (TPSA) is 109 Å². The lowest BCUT2D eigenvalue weighted by atomic mass is 9.91. The maximum Gasteiger partial charge on any atom is 0.335 e. The summed E-state index contributed by atoms with van der Waals surface area (Å²) in [5.41, 5.74) is 6.68. The Labute approximate surface area is 217 Å². The highest BCUT2D eigenvalue weighted by molar-refractivity contribution is 6.07. The number of carbonyl (C=O) groups is 3. The van der Waals surface area contributed by atoms with E-state index < -0.39 is 17.9 Å². The molecule has 1 aromatic heterocycles. The van der Waals surface area contributed by atoms with E-state index in [2.05, 4.69) is 21.1 Å². The standard InChI is InChI=1S/C29H34N4O4/c1-18-15-19(2)25(20(3)16-18)32-29(36)31-24-17-22-13-9-10-14-23(22)30-26(24)27(34)33-37-28(35)21-11-7-5-4-6-8-12-21/h9-10,13-17,21H,4-8,11-12H2,1-3H3,(H,33,34)(H2,31,32,36). The molecule has 0 radical (unpaired) electrons. The Hall–Kier alpha value is -3.94. The van der Waals surface area contributed by atoms with Crippen LogP contribution in [0.2, 0.25) is 0 Å². The van der Waals surface area contributed by atoms with Crippen LogP contribution in [0.25, 0.3) is 10.9 Å². The SMILES string of the molecule is Cc1cc(C)c(NC(=O)Nc2cc3ccccc3nc2C(=O)NOC(=O)C2CCCCCCC2)c(C)c1. The molecule has 3 aromatic rings. The molecule has 0 spiro atoms. The number of nitrogens with one attached hydrogen (secondary N) is 3. The van der Waals surface area contributed by atoms with Crippen molar-refractivity contribution in [3.05, 3.63) is 64.8 Å². The lowest BCUT2D eigenvalue weighted by molar-refractivity contribution is -0.154. The number of rotatable bonds is 4. The first-order chi connectivity index (χ1) is 17.8. The molecular formula is C29H34N4O4. The van der Waals surface area contributed by atoms with Crippen molar-refractivity contribution >= 4 is 40.2 Å². The van der Waals surface area contributed by atoms with Gasteiger partial charge in [0.25, 0.3) is 0 Å². The molecule has 1 heterocycles. The van der Waals surface area contributed by atoms with Crippen LogP contribution in [0.4, 0.5) is 16.2 Å². The number of benzene rings is 2. The Kier molecular flexibility index (Phi) is 8.38. The van der Waals surface area contributed by atoms with Crippen LogP contribution in [0, 0.1) is 26.7 Å². The van der Waals surface area contributed by atoms with Gasteiger partial charge in [-0.1, -0.05) is 68.0 Å². The van der Waals surface area contributed by atoms with Crippen LogP contribution < -0.4 is 16.1 Å². The third-order valence-corrected chi connectivity index (χ3v) is 6.79. The van der Waals surface area contributed by atoms with Gasteiger partial charge in [-0.15, -0.1) is 0 Å². The van der Waals surface area contributed by atoms with Gasteiger partial charge in [0.2, 0.25) is 0 Å². The van der Waals surface area contributed by atoms with Crippen LogP contribution >= 0.6 is 0 Å². The molecule has 1 aliphatic carbocycles. The molecule has 2 aromatic carbocycles. The highest BCUT2D eigenvalue weighted by Crippen LogP contribution is 2.25. The fourth-order valence-electron chi connectivity index (χ4n) is 4.95. The molecule has 0 atom stereocenters. The van der Waals surface area contributed by atoms with Crippen LogP contribution in [-0.4, -0.2) is 22.9 Å². The van der Waals surface area contributed by atoms with Crippen molar-refractivity contribution < 1.29 is 19.2 Å². The monoisotopic (exact) mass is 502 g/mol. The highest BCUT2D eigenvalue weighted by Gasteiger charge is 2.24. The summed E-state index contributed by atoms with van der Waals surface area (Å²) in [5.74, 6) is -1.37. The summed E-state index contributed by atoms with van der Waals surface area (Å²) in [6, 6.07) is 12.4. The number of pyridine rings is 1. The van der Waals surface area contributed by atoms with Gasteiger partial charge in [-0.25, -0.2) is 14.6 Å². The van der Waals surface area contributed by atoms with E-state index in [1.807, 2.05) is 51.1 Å². The van der Waals surface area contributed by atoms with Gasteiger partial charge in [-0.2, -0.15) is 5.48 Å². The summed E-state index contributed by atoms with van der Waals surface area (Å²) in [6.07, 6.45) is 6.87. The summed E-state index contributed by atoms with van der Waals surface area (Å²) in [7, 11) is 0. The smallest absolute Gasteiger partial charge is 0.335 e. The van der Waals surface area contributed by atoms with Crippen molar-refractivity contribution in [1.82, 2.24) is 10.5 Å². The van der Waals surface area contributed by atoms with E-state index in [1.54, 1.807) is 12.1 Å². The maximum absolute atomic E-state index is 13.1. The van der Waals surface area contributed by atoms with Crippen LogP contribution in [0.15, 0.2) is 42.5 Å². The number of hydrogen-bond donors (Lipinski definition) is 3. The number of anilines is 2. The highest BCUT2D eigenvalue weighted by atomic mass is 16.7. The second-order valence-corrected chi connectivity index (χ2v) is 9.82. The van der Waals surface area contributed by atoms with Crippen molar-refractivity contribution in [1.29, 1.82) is 0 Å². The fraction of sp³-hybridized carbons (Fsp3) is 0.379. The molecular weight excluding hydrogens is 468 g/mol. The largest absolute Gasteiger partial charge is 0.340 e. The van der Waals surface area contributed by atoms with E-state index in [1.165, 1.54) is 6.42 Å². The molecule has 37 heavy (non-hydrogen) atoms. The average molecular weight is 503 g/mol. The second kappa shape index (κ2) is 11.9. The van der Waals surface area contributed by atoms with Gasteiger partial charge < -0.3 is 15.5 Å². The Morgan fingerprint density at radius 2 is 1.51 bits per heavy atom. The van der Waals surface area contributed by atoms with Crippen molar-refractivity contribution in [3.63, 3.8) is 0 Å². The Bertz CT molecular complexity index is 1290. The molecule has 1 saturated carbocycles. The Morgan fingerprint density at radius 3 is 2.22 bits per heavy atom. The van der Waals surface area contributed by atoms with E-state index in [9.17, 15) is 14.4 Å². The number of nitrogens with zero attached hydrogens (tertiary/aromatic N) is 1. The predicted molar refractivity (Wildman–Crippen MR) is 144 cm³/mol. The maximum atomic E-state index is 13.1. The molecule has 3 amide bonds. The summed E-state index contributed by atoms with van der Waals surface area (Å²) in [4.78, 5) is 48.3. The molecule has 1 fully saturated rings. The normalized spacial score (nSPS) is 14.4. The van der Waals surface area contributed by atoms with Crippen LogP contribution in [0.3, 0.4) is 0 Å². The third-order valence-electron chi connectivity index (χ3n) is 6.79. The minimum Gasteiger partial charge on any atom is -0.340 e. The number of urea groups is 1. The van der Waals surface area contributed by atoms with Gasteiger partial charge in [-0.3, -0.25) is 4.79 Å². The van der Waals surface area contributed by atoms with Gasteiger partial charge in [0.15, 0.2) is 5.69 Å². The summed E-state index contributed by atoms with van der Waals surface area (Å²) in [5, 5.41) is 6.38. The molecule has 8 nitrogen and oxygen atoms in total. The van der Waals surface area contributed by atoms with E-state index in [4.69, 9.17) is 4.84 Å². The van der Waals surface area contributed by atoms with Crippen molar-refractivity contribution in [2.24, 2.45) is 5.92 Å². The number of carbonyl (C=O) groups excluding carboxylic acids is 3. The number of amides is 3. The third kappa shape index (κ3) is 6.64. The molecule has 8 heteroatoms. The minimum absolute atomic E-state index is 0.0448. The van der Waals surface area contributed by atoms with Gasteiger partial charge >= 0.3 is 17.9 Å². The Morgan fingerprint density at radius 1 is 0.865 bits per heavy atom. The lowest BCUT2D eigenvalue weighted by Gasteiger charge is -2.18. The second-order valence-electron chi connectivity index (χ2n) is 9.82. The number of hydrogen-bond acceptors (Lipinski definition) is 5. The number of aromatic nitrogens is 1. The van der Waals surface area contributed by atoms with E-state index in [0.29, 0.717) is 11.2 Å². The molecule has 0 aliphatic heterocycles. The molecule has 0 bridgehead atoms. The van der Waals surface area contributed by atoms with Crippen molar-refractivity contribution in [2.75, 3.05) is 10.6 Å². The first-order valence-electron chi connectivity index (χ1n) is 12.9. The van der Waals surface area contributed by atoms with Gasteiger partial charge in [0, 0.05) is 11.1 Å². The van der Waals surface area contributed by atoms with Gasteiger partial charge in [-0.05, 0) is 56.9 Å². The summed E-state index contributed by atoms with van der Waals surface area (Å²) in [6.45, 7) is 5.85. The van der Waals surface area contributed by atoms with Crippen LogP contribution in [-0.2, 0) is 9.63 Å². The molecule has 0 saturated heterocycles. The Balaban J connectivity index is 1.51. The van der Waals surface area contributed by atoms with Crippen LogP contribution in [0.5, 0.6) is 0 Å². The van der Waals surface area contributed by atoms with Gasteiger partial charge in [0.1, 0.15) is 0 Å². The zero-order valence-electron chi connectivity index (χ0n) is 21.6. The number of aryl methyl sites for hydroxylation is 3. The molecule has 3 N–H and O–H groups in total. The van der Waals surface area contributed by atoms with Gasteiger partial charge in [0.05, 0.1) is 17.1 Å². The van der Waals surface area contributed by atoms with E-state index in [-0.39, 0.29) is 17.3 Å². The number of para-hydroxylation sites is 1. The van der Waals surface area contributed by atoms with Crippen molar-refractivity contribution in [3.8, 4) is 0 Å². The van der Waals surface area contributed by atoms with E-state index >= 15 is 0 Å². The number of hydroxylamine groups is 1. The predicted octanol–water partition coefficient (Wildman–Crippen LogP) is 6.35. The van der Waals surface area contributed by atoms with Crippen molar-refractivity contribution in [2.45, 2.75) is 65.7 Å². The lowest BCUT2D eigenvalue weighted by Crippen LogP contribution is -2.32. The molecule has 194 valence electrons. The molecule has 4 rings (SSSR count). The average Bonchev–Trinajstić information content (AvgIpc) is 2.84. The molecule has 0 unspecified atom stereocenters. The summed E-state index contributed by atoms with van der Waals surface area (Å²) < 4.78 is 0. The molecule has 1 aliphatic rings. The van der Waals surface area contributed by atoms with E-state index in [0.717, 1.165) is 60.6 Å². The van der Waals surface area contributed by atoms with Crippen LogP contribution in [0.1, 0.15) is 72.1 Å². The minimum atomic E-state index is -0.706.